The van der Waals surface area contributed by atoms with Gasteiger partial charge in [0.25, 0.3) is 0 Å². The second-order valence-corrected chi connectivity index (χ2v) is 4.90. The van der Waals surface area contributed by atoms with Crippen LogP contribution in [0.1, 0.15) is 32.3 Å². The molecule has 1 aromatic carbocycles. The average molecular weight is 250 g/mol. The highest BCUT2D eigenvalue weighted by Crippen LogP contribution is 2.21. The number of esters is 2. The number of carbonyl (C=O) groups is 2. The first-order chi connectivity index (χ1) is 8.35. The van der Waals surface area contributed by atoms with E-state index < -0.39 is 23.5 Å². The minimum Gasteiger partial charge on any atom is -0.468 e. The third-order valence-electron chi connectivity index (χ3n) is 2.21. The van der Waals surface area contributed by atoms with E-state index in [0.29, 0.717) is 5.56 Å². The van der Waals surface area contributed by atoms with Gasteiger partial charge in [-0.15, -0.1) is 0 Å². The molecule has 1 atom stereocenters. The Labute approximate surface area is 107 Å². The number of rotatable bonds is 3. The molecule has 0 aliphatic rings. The van der Waals surface area contributed by atoms with Gasteiger partial charge >= 0.3 is 11.9 Å². The third kappa shape index (κ3) is 3.87. The molecule has 0 saturated carbocycles. The maximum Gasteiger partial charge on any atom is 0.325 e. The highest BCUT2D eigenvalue weighted by molar-refractivity contribution is 6.00. The van der Waals surface area contributed by atoms with E-state index in [1.165, 1.54) is 7.11 Å². The summed E-state index contributed by atoms with van der Waals surface area (Å²) in [6.45, 7) is 5.26. The lowest BCUT2D eigenvalue weighted by Gasteiger charge is -2.23. The number of ether oxygens (including phenoxy) is 2. The molecular formula is C14H18O4. The van der Waals surface area contributed by atoms with Crippen molar-refractivity contribution in [2.45, 2.75) is 32.3 Å². The van der Waals surface area contributed by atoms with Gasteiger partial charge in [-0.3, -0.25) is 9.59 Å². The molecule has 0 spiro atoms. The van der Waals surface area contributed by atoms with Crippen molar-refractivity contribution in [2.75, 3.05) is 7.11 Å². The lowest BCUT2D eigenvalue weighted by atomic mass is 9.99. The smallest absolute Gasteiger partial charge is 0.325 e. The fourth-order valence-electron chi connectivity index (χ4n) is 1.49. The molecule has 1 unspecified atom stereocenters. The molecule has 0 aliphatic heterocycles. The largest absolute Gasteiger partial charge is 0.468 e. The van der Waals surface area contributed by atoms with E-state index in [1.54, 1.807) is 45.0 Å². The first-order valence-corrected chi connectivity index (χ1v) is 5.71. The van der Waals surface area contributed by atoms with E-state index in [4.69, 9.17) is 4.74 Å². The summed E-state index contributed by atoms with van der Waals surface area (Å²) in [6.07, 6.45) is 0. The molecule has 1 aromatic rings. The van der Waals surface area contributed by atoms with Crippen LogP contribution in [-0.2, 0) is 19.1 Å². The summed E-state index contributed by atoms with van der Waals surface area (Å²) in [5.41, 5.74) is -0.0726. The molecule has 0 radical (unpaired) electrons. The fourth-order valence-corrected chi connectivity index (χ4v) is 1.49. The van der Waals surface area contributed by atoms with Gasteiger partial charge in [0.05, 0.1) is 7.11 Å². The van der Waals surface area contributed by atoms with Crippen molar-refractivity contribution in [3.8, 4) is 0 Å². The standard InChI is InChI=1S/C14H18O4/c1-14(2,3)18-13(16)11(12(15)17-4)10-8-6-5-7-9-10/h5-9,11H,1-4H3. The van der Waals surface area contributed by atoms with Crippen LogP contribution in [-0.4, -0.2) is 24.6 Å². The van der Waals surface area contributed by atoms with Crippen molar-refractivity contribution in [1.82, 2.24) is 0 Å². The first kappa shape index (κ1) is 14.2. The molecule has 0 aliphatic carbocycles. The summed E-state index contributed by atoms with van der Waals surface area (Å²) < 4.78 is 9.90. The Morgan fingerprint density at radius 2 is 1.61 bits per heavy atom. The van der Waals surface area contributed by atoms with Crippen molar-refractivity contribution in [2.24, 2.45) is 0 Å². The van der Waals surface area contributed by atoms with Crippen LogP contribution in [0.15, 0.2) is 30.3 Å². The summed E-state index contributed by atoms with van der Waals surface area (Å²) in [6, 6.07) is 8.73. The van der Waals surface area contributed by atoms with Gasteiger partial charge in [0.2, 0.25) is 0 Å². The molecule has 0 fully saturated rings. The maximum atomic E-state index is 12.0. The van der Waals surface area contributed by atoms with Gasteiger partial charge in [0.1, 0.15) is 5.60 Å². The summed E-state index contributed by atoms with van der Waals surface area (Å²) >= 11 is 0. The SMILES string of the molecule is COC(=O)C(C(=O)OC(C)(C)C)c1ccccc1. The molecule has 0 aromatic heterocycles. The first-order valence-electron chi connectivity index (χ1n) is 5.71. The highest BCUT2D eigenvalue weighted by atomic mass is 16.6. The van der Waals surface area contributed by atoms with Gasteiger partial charge in [-0.2, -0.15) is 0 Å². The molecule has 1 rings (SSSR count). The number of carbonyl (C=O) groups excluding carboxylic acids is 2. The topological polar surface area (TPSA) is 52.6 Å². The summed E-state index contributed by atoms with van der Waals surface area (Å²) in [5, 5.41) is 0. The number of hydrogen-bond donors (Lipinski definition) is 0. The minimum atomic E-state index is -1.03. The Morgan fingerprint density at radius 1 is 1.06 bits per heavy atom. The molecule has 0 bridgehead atoms. The van der Waals surface area contributed by atoms with E-state index in [1.807, 2.05) is 6.07 Å². The lowest BCUT2D eigenvalue weighted by molar-refractivity contribution is -0.163. The zero-order valence-electron chi connectivity index (χ0n) is 11.1. The molecular weight excluding hydrogens is 232 g/mol. The molecule has 4 heteroatoms. The zero-order chi connectivity index (χ0) is 13.8. The van der Waals surface area contributed by atoms with Crippen molar-refractivity contribution in [1.29, 1.82) is 0 Å². The van der Waals surface area contributed by atoms with Crippen LogP contribution < -0.4 is 0 Å². The molecule has 0 saturated heterocycles. The van der Waals surface area contributed by atoms with Gasteiger partial charge in [0, 0.05) is 0 Å². The molecule has 0 N–H and O–H groups in total. The van der Waals surface area contributed by atoms with E-state index >= 15 is 0 Å². The van der Waals surface area contributed by atoms with Gasteiger partial charge < -0.3 is 9.47 Å². The van der Waals surface area contributed by atoms with Crippen molar-refractivity contribution in [3.05, 3.63) is 35.9 Å². The number of hydrogen-bond acceptors (Lipinski definition) is 4. The van der Waals surface area contributed by atoms with Gasteiger partial charge in [0.15, 0.2) is 5.92 Å². The normalized spacial score (nSPS) is 12.7. The van der Waals surface area contributed by atoms with Crippen LogP contribution in [0.2, 0.25) is 0 Å². The van der Waals surface area contributed by atoms with Crippen molar-refractivity contribution < 1.29 is 19.1 Å². The fraction of sp³-hybridized carbons (Fsp3) is 0.429. The molecule has 18 heavy (non-hydrogen) atoms. The van der Waals surface area contributed by atoms with Gasteiger partial charge in [-0.05, 0) is 26.3 Å². The number of methoxy groups -OCH3 is 1. The van der Waals surface area contributed by atoms with Crippen LogP contribution >= 0.6 is 0 Å². The van der Waals surface area contributed by atoms with Gasteiger partial charge in [-0.25, -0.2) is 0 Å². The van der Waals surface area contributed by atoms with Crippen LogP contribution in [0, 0.1) is 0 Å². The Bertz CT molecular complexity index is 417. The molecule has 0 heterocycles. The van der Waals surface area contributed by atoms with Crippen molar-refractivity contribution >= 4 is 11.9 Å². The van der Waals surface area contributed by atoms with E-state index in [2.05, 4.69) is 4.74 Å². The summed E-state index contributed by atoms with van der Waals surface area (Å²) in [5.74, 6) is -2.24. The maximum absolute atomic E-state index is 12.0. The second kappa shape index (κ2) is 5.67. The quantitative estimate of drug-likeness (QED) is 0.610. The molecule has 4 nitrogen and oxygen atoms in total. The zero-order valence-corrected chi connectivity index (χ0v) is 11.1. The Kier molecular flexibility index (Phi) is 4.48. The second-order valence-electron chi connectivity index (χ2n) is 4.90. The Balaban J connectivity index is 3.00. The van der Waals surface area contributed by atoms with E-state index in [-0.39, 0.29) is 0 Å². The minimum absolute atomic E-state index is 0.568. The Hall–Kier alpha value is -1.84. The van der Waals surface area contributed by atoms with Crippen LogP contribution in [0.25, 0.3) is 0 Å². The molecule has 0 amide bonds. The molecule has 98 valence electrons. The predicted octanol–water partition coefficient (Wildman–Crippen LogP) is 2.28. The summed E-state index contributed by atoms with van der Waals surface area (Å²) in [7, 11) is 1.25. The summed E-state index contributed by atoms with van der Waals surface area (Å²) in [4.78, 5) is 23.8. The van der Waals surface area contributed by atoms with E-state index in [9.17, 15) is 9.59 Å². The average Bonchev–Trinajstić information content (AvgIpc) is 2.28. The Morgan fingerprint density at radius 3 is 2.06 bits per heavy atom. The monoisotopic (exact) mass is 250 g/mol. The number of benzene rings is 1. The highest BCUT2D eigenvalue weighted by Gasteiger charge is 2.33. The van der Waals surface area contributed by atoms with Crippen LogP contribution in [0.4, 0.5) is 0 Å². The third-order valence-corrected chi connectivity index (χ3v) is 2.21. The van der Waals surface area contributed by atoms with Crippen molar-refractivity contribution in [3.63, 3.8) is 0 Å². The van der Waals surface area contributed by atoms with Gasteiger partial charge in [-0.1, -0.05) is 30.3 Å². The predicted molar refractivity (Wildman–Crippen MR) is 67.0 cm³/mol. The van der Waals surface area contributed by atoms with Crippen LogP contribution in [0.5, 0.6) is 0 Å². The van der Waals surface area contributed by atoms with Crippen LogP contribution in [0.3, 0.4) is 0 Å². The van der Waals surface area contributed by atoms with E-state index in [0.717, 1.165) is 0 Å². The lowest BCUT2D eigenvalue weighted by Crippen LogP contribution is -2.32.